The Morgan fingerprint density at radius 3 is 2.21 bits per heavy atom. The van der Waals surface area contributed by atoms with Gasteiger partial charge in [0.25, 0.3) is 0 Å². The quantitative estimate of drug-likeness (QED) is 0.289. The van der Waals surface area contributed by atoms with E-state index in [2.05, 4.69) is 0 Å². The highest BCUT2D eigenvalue weighted by molar-refractivity contribution is 6.32. The topological polar surface area (TPSA) is 90.0 Å². The van der Waals surface area contributed by atoms with Crippen LogP contribution >= 0.6 is 0 Å². The van der Waals surface area contributed by atoms with E-state index in [4.69, 9.17) is 9.47 Å². The Morgan fingerprint density at radius 2 is 1.58 bits per heavy atom. The molecular formula is C31H25NO6. The van der Waals surface area contributed by atoms with Crippen LogP contribution in [0.15, 0.2) is 72.8 Å². The molecule has 6 rings (SSSR count). The number of carbonyl (C=O) groups is 4. The van der Waals surface area contributed by atoms with Crippen LogP contribution in [-0.4, -0.2) is 42.5 Å². The minimum Gasteiger partial charge on any atom is -0.497 e. The Bertz CT molecular complexity index is 1540. The van der Waals surface area contributed by atoms with Crippen molar-refractivity contribution in [3.8, 4) is 11.5 Å². The molecule has 38 heavy (non-hydrogen) atoms. The van der Waals surface area contributed by atoms with Gasteiger partial charge in [0.2, 0.25) is 0 Å². The molecule has 7 heteroatoms. The molecule has 0 N–H and O–H groups in total. The van der Waals surface area contributed by atoms with Crippen molar-refractivity contribution in [2.24, 2.45) is 5.41 Å². The number of hydrogen-bond acceptors (Lipinski definition) is 7. The van der Waals surface area contributed by atoms with E-state index < -0.39 is 29.4 Å². The van der Waals surface area contributed by atoms with Gasteiger partial charge in [-0.1, -0.05) is 60.7 Å². The van der Waals surface area contributed by atoms with E-state index in [0.717, 1.165) is 5.56 Å². The second kappa shape index (κ2) is 8.52. The normalized spacial score (nSPS) is 22.2. The second-order valence-electron chi connectivity index (χ2n) is 9.88. The van der Waals surface area contributed by atoms with Crippen LogP contribution in [0.25, 0.3) is 6.08 Å². The smallest absolute Gasteiger partial charge is 0.308 e. The van der Waals surface area contributed by atoms with Crippen molar-refractivity contribution < 1.29 is 28.7 Å². The number of esters is 1. The van der Waals surface area contributed by atoms with E-state index in [9.17, 15) is 19.2 Å². The molecule has 0 bridgehead atoms. The summed E-state index contributed by atoms with van der Waals surface area (Å²) in [5.41, 5.74) is 0.974. The van der Waals surface area contributed by atoms with Gasteiger partial charge in [0.1, 0.15) is 11.2 Å². The zero-order valence-corrected chi connectivity index (χ0v) is 21.1. The standard InChI is InChI=1S/C31H25NO6/c1-17(33)27-26(20-9-6-10-21(16-20)37-3)31(29(35)22-11-4-5-12-23(22)30(31)36)25-15-14-19-8-7-13-24(38-18(2)34)28(19)32(25)27/h4-16,25-27H,1-3H3/t25-,26-,27-/m0/s1. The molecule has 1 fully saturated rings. The Labute approximate surface area is 219 Å². The molecule has 0 radical (unpaired) electrons. The third-order valence-corrected chi connectivity index (χ3v) is 7.91. The van der Waals surface area contributed by atoms with Gasteiger partial charge >= 0.3 is 5.97 Å². The van der Waals surface area contributed by atoms with Gasteiger partial charge in [-0.15, -0.1) is 0 Å². The van der Waals surface area contributed by atoms with Gasteiger partial charge in [0.15, 0.2) is 23.1 Å². The number of ketones is 3. The lowest BCUT2D eigenvalue weighted by Gasteiger charge is -2.37. The molecule has 0 unspecified atom stereocenters. The number of fused-ring (bicyclic) bond motifs is 5. The van der Waals surface area contributed by atoms with Crippen LogP contribution in [0.1, 0.15) is 51.6 Å². The van der Waals surface area contributed by atoms with Gasteiger partial charge in [-0.3, -0.25) is 19.2 Å². The van der Waals surface area contributed by atoms with Gasteiger partial charge in [0, 0.05) is 29.5 Å². The maximum atomic E-state index is 14.5. The summed E-state index contributed by atoms with van der Waals surface area (Å²) in [6, 6.07) is 17.6. The van der Waals surface area contributed by atoms with Gasteiger partial charge in [-0.2, -0.15) is 0 Å². The molecule has 1 aliphatic carbocycles. The fourth-order valence-corrected chi connectivity index (χ4v) is 6.58. The van der Waals surface area contributed by atoms with Gasteiger partial charge in [-0.05, 0) is 30.7 Å². The maximum Gasteiger partial charge on any atom is 0.308 e. The van der Waals surface area contributed by atoms with Crippen LogP contribution in [0.4, 0.5) is 5.69 Å². The van der Waals surface area contributed by atoms with Crippen LogP contribution in [0, 0.1) is 5.41 Å². The largest absolute Gasteiger partial charge is 0.497 e. The fraction of sp³-hybridized carbons (Fsp3) is 0.226. The molecule has 7 nitrogen and oxygen atoms in total. The average molecular weight is 508 g/mol. The number of ether oxygens (including phenoxy) is 2. The maximum absolute atomic E-state index is 14.5. The third-order valence-electron chi connectivity index (χ3n) is 7.91. The number of nitrogens with zero attached hydrogens (tertiary/aromatic N) is 1. The molecule has 0 amide bonds. The highest BCUT2D eigenvalue weighted by Crippen LogP contribution is 2.61. The predicted molar refractivity (Wildman–Crippen MR) is 141 cm³/mol. The number of anilines is 1. The predicted octanol–water partition coefficient (Wildman–Crippen LogP) is 4.64. The minimum atomic E-state index is -1.61. The monoisotopic (exact) mass is 507 g/mol. The molecule has 0 aromatic heterocycles. The Kier molecular flexibility index (Phi) is 5.35. The molecular weight excluding hydrogens is 482 g/mol. The minimum absolute atomic E-state index is 0.213. The molecule has 3 aliphatic rings. The van der Waals surface area contributed by atoms with Gasteiger partial charge in [0.05, 0.1) is 24.9 Å². The van der Waals surface area contributed by atoms with E-state index in [0.29, 0.717) is 28.1 Å². The Morgan fingerprint density at radius 1 is 0.895 bits per heavy atom. The summed E-state index contributed by atoms with van der Waals surface area (Å²) >= 11 is 0. The number of methoxy groups -OCH3 is 1. The number of para-hydroxylation sites is 1. The number of benzene rings is 3. The molecule has 3 atom stereocenters. The molecule has 3 aromatic rings. The number of rotatable bonds is 4. The van der Waals surface area contributed by atoms with Gasteiger partial charge < -0.3 is 14.4 Å². The van der Waals surface area contributed by atoms with Crippen LogP contribution in [0.2, 0.25) is 0 Å². The summed E-state index contributed by atoms with van der Waals surface area (Å²) in [5, 5.41) is 0. The highest BCUT2D eigenvalue weighted by Gasteiger charge is 2.71. The lowest BCUT2D eigenvalue weighted by atomic mass is 9.64. The first-order valence-corrected chi connectivity index (χ1v) is 12.4. The highest BCUT2D eigenvalue weighted by atomic mass is 16.5. The van der Waals surface area contributed by atoms with Crippen LogP contribution < -0.4 is 14.4 Å². The first kappa shape index (κ1) is 23.9. The number of hydrogen-bond donors (Lipinski definition) is 0. The second-order valence-corrected chi connectivity index (χ2v) is 9.88. The molecule has 190 valence electrons. The molecule has 1 saturated heterocycles. The lowest BCUT2D eigenvalue weighted by molar-refractivity contribution is -0.131. The number of Topliss-reactive ketones (excluding diaryl/α,β-unsaturated/α-hetero) is 3. The van der Waals surface area contributed by atoms with Gasteiger partial charge in [-0.25, -0.2) is 0 Å². The zero-order valence-electron chi connectivity index (χ0n) is 21.1. The molecule has 3 aromatic carbocycles. The zero-order chi connectivity index (χ0) is 26.8. The Balaban J connectivity index is 1.68. The van der Waals surface area contributed by atoms with Crippen molar-refractivity contribution in [1.82, 2.24) is 0 Å². The SMILES string of the molecule is COc1cccc([C@H]2[C@H](C(C)=O)N3c4c(cccc4OC(C)=O)C=C[C@H]3C23C(=O)c2ccccc2C3=O)c1. The van der Waals surface area contributed by atoms with Crippen molar-refractivity contribution in [3.05, 3.63) is 95.1 Å². The van der Waals surface area contributed by atoms with E-state index >= 15 is 0 Å². The van der Waals surface area contributed by atoms with E-state index in [1.807, 2.05) is 29.2 Å². The average Bonchev–Trinajstić information content (AvgIpc) is 3.35. The van der Waals surface area contributed by atoms with Crippen molar-refractivity contribution in [2.75, 3.05) is 12.0 Å². The van der Waals surface area contributed by atoms with E-state index in [1.54, 1.807) is 61.7 Å². The van der Waals surface area contributed by atoms with Crippen LogP contribution in [0.3, 0.4) is 0 Å². The summed E-state index contributed by atoms with van der Waals surface area (Å²) in [6.45, 7) is 2.78. The molecule has 2 aliphatic heterocycles. The molecule has 2 heterocycles. The summed E-state index contributed by atoms with van der Waals surface area (Å²) in [5.74, 6) is -1.36. The number of carbonyl (C=O) groups excluding carboxylic acids is 4. The summed E-state index contributed by atoms with van der Waals surface area (Å²) < 4.78 is 11.1. The van der Waals surface area contributed by atoms with Crippen LogP contribution in [-0.2, 0) is 9.59 Å². The first-order chi connectivity index (χ1) is 18.3. The molecule has 1 spiro atoms. The lowest BCUT2D eigenvalue weighted by Crippen LogP contribution is -2.48. The van der Waals surface area contributed by atoms with Crippen molar-refractivity contribution >= 4 is 35.1 Å². The van der Waals surface area contributed by atoms with E-state index in [-0.39, 0.29) is 23.1 Å². The summed E-state index contributed by atoms with van der Waals surface area (Å²) in [7, 11) is 1.54. The van der Waals surface area contributed by atoms with Crippen molar-refractivity contribution in [3.63, 3.8) is 0 Å². The third kappa shape index (κ3) is 3.08. The fourth-order valence-electron chi connectivity index (χ4n) is 6.58. The van der Waals surface area contributed by atoms with Crippen molar-refractivity contribution in [2.45, 2.75) is 31.8 Å². The first-order valence-electron chi connectivity index (χ1n) is 12.4. The van der Waals surface area contributed by atoms with Crippen LogP contribution in [0.5, 0.6) is 11.5 Å². The van der Waals surface area contributed by atoms with E-state index in [1.165, 1.54) is 13.8 Å². The Hall–Kier alpha value is -4.52. The molecule has 0 saturated carbocycles. The van der Waals surface area contributed by atoms with Crippen molar-refractivity contribution in [1.29, 1.82) is 0 Å². The summed E-state index contributed by atoms with van der Waals surface area (Å²) in [6.07, 6.45) is 3.66. The summed E-state index contributed by atoms with van der Waals surface area (Å²) in [4.78, 5) is 56.3.